The fourth-order valence-electron chi connectivity index (χ4n) is 1.20. The van der Waals surface area contributed by atoms with Gasteiger partial charge < -0.3 is 15.8 Å². The normalized spacial score (nSPS) is 19.2. The molecular formula is C9H18N2O2. The van der Waals surface area contributed by atoms with Crippen LogP contribution in [0.15, 0.2) is 0 Å². The lowest BCUT2D eigenvalue weighted by Gasteiger charge is -2.26. The minimum atomic E-state index is 0.119. The summed E-state index contributed by atoms with van der Waals surface area (Å²) in [4.78, 5) is 11.2. The van der Waals surface area contributed by atoms with Crippen molar-refractivity contribution in [3.8, 4) is 0 Å². The summed E-state index contributed by atoms with van der Waals surface area (Å²) in [6.45, 7) is 3.29. The Kier molecular flexibility index (Phi) is 4.18. The lowest BCUT2D eigenvalue weighted by Crippen LogP contribution is -2.48. The number of hydrogen-bond acceptors (Lipinski definition) is 3. The first-order chi connectivity index (χ1) is 6.18. The average molecular weight is 186 g/mol. The van der Waals surface area contributed by atoms with Gasteiger partial charge in [0.05, 0.1) is 19.3 Å². The standard InChI is InChI=1S/C9H18N2O2/c1-7(10)3-2-4-9(12)11-8-5-13-6-8/h7-8H,2-6,10H2,1H3,(H,11,12). The van der Waals surface area contributed by atoms with E-state index in [1.807, 2.05) is 6.92 Å². The molecule has 3 N–H and O–H groups in total. The van der Waals surface area contributed by atoms with E-state index in [0.29, 0.717) is 19.6 Å². The predicted molar refractivity (Wildman–Crippen MR) is 50.3 cm³/mol. The van der Waals surface area contributed by atoms with E-state index in [2.05, 4.69) is 5.32 Å². The van der Waals surface area contributed by atoms with Crippen LogP contribution in [0.1, 0.15) is 26.2 Å². The van der Waals surface area contributed by atoms with E-state index in [9.17, 15) is 4.79 Å². The first kappa shape index (κ1) is 10.5. The molecule has 0 spiro atoms. The Morgan fingerprint density at radius 3 is 2.85 bits per heavy atom. The van der Waals surface area contributed by atoms with Gasteiger partial charge >= 0.3 is 0 Å². The van der Waals surface area contributed by atoms with Gasteiger partial charge in [-0.05, 0) is 19.8 Å². The Balaban J connectivity index is 1.97. The van der Waals surface area contributed by atoms with Crippen molar-refractivity contribution >= 4 is 5.91 Å². The number of carbonyl (C=O) groups is 1. The van der Waals surface area contributed by atoms with Crippen LogP contribution >= 0.6 is 0 Å². The minimum Gasteiger partial charge on any atom is -0.377 e. The van der Waals surface area contributed by atoms with Crippen LogP contribution in [0.3, 0.4) is 0 Å². The van der Waals surface area contributed by atoms with Gasteiger partial charge in [-0.1, -0.05) is 0 Å². The highest BCUT2D eigenvalue weighted by Gasteiger charge is 2.19. The molecule has 76 valence electrons. The van der Waals surface area contributed by atoms with Crippen LogP contribution in [0.25, 0.3) is 0 Å². The van der Waals surface area contributed by atoms with E-state index in [1.54, 1.807) is 0 Å². The molecule has 0 aromatic rings. The third-order valence-electron chi connectivity index (χ3n) is 2.07. The largest absolute Gasteiger partial charge is 0.377 e. The Morgan fingerprint density at radius 2 is 2.38 bits per heavy atom. The maximum Gasteiger partial charge on any atom is 0.220 e. The molecule has 0 radical (unpaired) electrons. The zero-order chi connectivity index (χ0) is 9.68. The fourth-order valence-corrected chi connectivity index (χ4v) is 1.20. The first-order valence-electron chi connectivity index (χ1n) is 4.81. The molecule has 1 unspecified atom stereocenters. The van der Waals surface area contributed by atoms with E-state index < -0.39 is 0 Å². The van der Waals surface area contributed by atoms with Crippen LogP contribution in [0.5, 0.6) is 0 Å². The van der Waals surface area contributed by atoms with Gasteiger partial charge in [-0.2, -0.15) is 0 Å². The molecule has 4 nitrogen and oxygen atoms in total. The second-order valence-electron chi connectivity index (χ2n) is 3.67. The van der Waals surface area contributed by atoms with E-state index in [-0.39, 0.29) is 18.0 Å². The van der Waals surface area contributed by atoms with Crippen molar-refractivity contribution in [1.82, 2.24) is 5.32 Å². The lowest BCUT2D eigenvalue weighted by atomic mass is 10.1. The highest BCUT2D eigenvalue weighted by molar-refractivity contribution is 5.76. The Morgan fingerprint density at radius 1 is 1.69 bits per heavy atom. The van der Waals surface area contributed by atoms with Crippen LogP contribution in [-0.2, 0) is 9.53 Å². The number of hydrogen-bond donors (Lipinski definition) is 2. The van der Waals surface area contributed by atoms with Crippen molar-refractivity contribution in [3.05, 3.63) is 0 Å². The first-order valence-corrected chi connectivity index (χ1v) is 4.81. The molecule has 0 bridgehead atoms. The highest BCUT2D eigenvalue weighted by atomic mass is 16.5. The van der Waals surface area contributed by atoms with Crippen LogP contribution < -0.4 is 11.1 Å². The van der Waals surface area contributed by atoms with Gasteiger partial charge in [0.2, 0.25) is 5.91 Å². The van der Waals surface area contributed by atoms with Crippen LogP contribution in [0.2, 0.25) is 0 Å². The zero-order valence-electron chi connectivity index (χ0n) is 8.08. The molecule has 1 fully saturated rings. The molecule has 1 aliphatic heterocycles. The molecular weight excluding hydrogens is 168 g/mol. The van der Waals surface area contributed by atoms with Crippen molar-refractivity contribution in [2.24, 2.45) is 5.73 Å². The van der Waals surface area contributed by atoms with Gasteiger partial charge in [0, 0.05) is 12.5 Å². The van der Waals surface area contributed by atoms with E-state index >= 15 is 0 Å². The minimum absolute atomic E-state index is 0.119. The molecule has 1 aliphatic rings. The number of amides is 1. The summed E-state index contributed by atoms with van der Waals surface area (Å²) < 4.78 is 4.94. The van der Waals surface area contributed by atoms with Crippen LogP contribution in [0, 0.1) is 0 Å². The summed E-state index contributed by atoms with van der Waals surface area (Å²) in [5, 5.41) is 2.89. The van der Waals surface area contributed by atoms with Crippen LogP contribution in [-0.4, -0.2) is 31.2 Å². The molecule has 0 aromatic heterocycles. The van der Waals surface area contributed by atoms with Gasteiger partial charge in [0.25, 0.3) is 0 Å². The smallest absolute Gasteiger partial charge is 0.220 e. The van der Waals surface area contributed by atoms with Crippen molar-refractivity contribution in [2.45, 2.75) is 38.3 Å². The molecule has 1 saturated heterocycles. The molecule has 4 heteroatoms. The summed E-state index contributed by atoms with van der Waals surface area (Å²) >= 11 is 0. The topological polar surface area (TPSA) is 64.4 Å². The van der Waals surface area contributed by atoms with Crippen molar-refractivity contribution in [1.29, 1.82) is 0 Å². The monoisotopic (exact) mass is 186 g/mol. The van der Waals surface area contributed by atoms with Gasteiger partial charge in [0.15, 0.2) is 0 Å². The molecule has 1 heterocycles. The number of carbonyl (C=O) groups excluding carboxylic acids is 1. The Hall–Kier alpha value is -0.610. The number of nitrogens with two attached hydrogens (primary N) is 1. The van der Waals surface area contributed by atoms with Gasteiger partial charge in [-0.15, -0.1) is 0 Å². The second kappa shape index (κ2) is 5.19. The summed E-state index contributed by atoms with van der Waals surface area (Å²) in [5.41, 5.74) is 5.57. The van der Waals surface area contributed by atoms with Crippen LogP contribution in [0.4, 0.5) is 0 Å². The number of rotatable bonds is 5. The predicted octanol–water partition coefficient (Wildman–Crippen LogP) is 0.0189. The van der Waals surface area contributed by atoms with E-state index in [0.717, 1.165) is 12.8 Å². The van der Waals surface area contributed by atoms with Crippen molar-refractivity contribution in [2.75, 3.05) is 13.2 Å². The third-order valence-corrected chi connectivity index (χ3v) is 2.07. The van der Waals surface area contributed by atoms with Crippen molar-refractivity contribution < 1.29 is 9.53 Å². The van der Waals surface area contributed by atoms with Crippen molar-refractivity contribution in [3.63, 3.8) is 0 Å². The fraction of sp³-hybridized carbons (Fsp3) is 0.889. The van der Waals surface area contributed by atoms with Gasteiger partial charge in [-0.3, -0.25) is 4.79 Å². The molecule has 1 rings (SSSR count). The molecule has 1 atom stereocenters. The maximum atomic E-state index is 11.2. The highest BCUT2D eigenvalue weighted by Crippen LogP contribution is 2.02. The Bertz CT molecular complexity index is 167. The second-order valence-corrected chi connectivity index (χ2v) is 3.67. The van der Waals surface area contributed by atoms with E-state index in [1.165, 1.54) is 0 Å². The molecule has 0 aromatic carbocycles. The molecule has 13 heavy (non-hydrogen) atoms. The summed E-state index contributed by atoms with van der Waals surface area (Å²) in [6.07, 6.45) is 2.36. The number of nitrogens with one attached hydrogen (secondary N) is 1. The average Bonchev–Trinajstić information content (AvgIpc) is 1.96. The maximum absolute atomic E-state index is 11.2. The Labute approximate surface area is 78.8 Å². The molecule has 0 aliphatic carbocycles. The summed E-state index contributed by atoms with van der Waals surface area (Å²) in [6, 6.07) is 0.447. The summed E-state index contributed by atoms with van der Waals surface area (Å²) in [7, 11) is 0. The molecule has 0 saturated carbocycles. The summed E-state index contributed by atoms with van der Waals surface area (Å²) in [5.74, 6) is 0.119. The lowest BCUT2D eigenvalue weighted by molar-refractivity contribution is -0.125. The van der Waals surface area contributed by atoms with E-state index in [4.69, 9.17) is 10.5 Å². The van der Waals surface area contributed by atoms with Gasteiger partial charge in [-0.25, -0.2) is 0 Å². The zero-order valence-corrected chi connectivity index (χ0v) is 8.08. The van der Waals surface area contributed by atoms with Gasteiger partial charge in [0.1, 0.15) is 0 Å². The SMILES string of the molecule is CC(N)CCCC(=O)NC1COC1. The third kappa shape index (κ3) is 4.24. The number of ether oxygens (including phenoxy) is 1. The quantitative estimate of drug-likeness (QED) is 0.636. The molecule has 1 amide bonds.